The zero-order valence-electron chi connectivity index (χ0n) is 11.1. The summed E-state index contributed by atoms with van der Waals surface area (Å²) < 4.78 is 26.4. The molecule has 0 saturated heterocycles. The van der Waals surface area contributed by atoms with Gasteiger partial charge in [-0.1, -0.05) is 18.2 Å². The molecule has 6 heteroatoms. The molecule has 0 radical (unpaired) electrons. The fraction of sp³-hybridized carbons (Fsp3) is 0.0667. The number of aromatic nitrogens is 1. The summed E-state index contributed by atoms with van der Waals surface area (Å²) in [4.78, 5) is 0.913. The first-order chi connectivity index (χ1) is 10.1. The molecular formula is C15H14N2O2S2. The van der Waals surface area contributed by atoms with Crippen LogP contribution in [0.15, 0.2) is 65.1 Å². The molecule has 0 aliphatic carbocycles. The Hall–Kier alpha value is -1.89. The molecule has 0 atom stereocenters. The van der Waals surface area contributed by atoms with E-state index in [-0.39, 0.29) is 0 Å². The predicted molar refractivity (Wildman–Crippen MR) is 84.7 cm³/mol. The van der Waals surface area contributed by atoms with Crippen molar-refractivity contribution in [2.24, 2.45) is 5.73 Å². The van der Waals surface area contributed by atoms with Crippen LogP contribution in [-0.2, 0) is 16.6 Å². The molecule has 0 aliphatic heterocycles. The van der Waals surface area contributed by atoms with Crippen molar-refractivity contribution in [1.29, 1.82) is 0 Å². The monoisotopic (exact) mass is 318 g/mol. The van der Waals surface area contributed by atoms with E-state index < -0.39 is 10.0 Å². The topological polar surface area (TPSA) is 65.1 Å². The summed E-state index contributed by atoms with van der Waals surface area (Å²) in [5, 5.41) is 0. The average Bonchev–Trinajstić information content (AvgIpc) is 3.19. The molecule has 108 valence electrons. The zero-order valence-corrected chi connectivity index (χ0v) is 12.8. The highest BCUT2D eigenvalue weighted by Crippen LogP contribution is 2.32. The molecule has 21 heavy (non-hydrogen) atoms. The maximum absolute atomic E-state index is 12.4. The highest BCUT2D eigenvalue weighted by Gasteiger charge is 2.18. The molecule has 2 N–H and O–H groups in total. The van der Waals surface area contributed by atoms with Gasteiger partial charge in [-0.25, -0.2) is 3.97 Å². The van der Waals surface area contributed by atoms with Crippen molar-refractivity contribution >= 4 is 21.4 Å². The quantitative estimate of drug-likeness (QED) is 0.804. The van der Waals surface area contributed by atoms with Crippen LogP contribution in [0, 0.1) is 0 Å². The first kappa shape index (κ1) is 14.1. The Morgan fingerprint density at radius 1 is 1.05 bits per heavy atom. The summed E-state index contributed by atoms with van der Waals surface area (Å²) in [7, 11) is -3.49. The van der Waals surface area contributed by atoms with Gasteiger partial charge in [-0.2, -0.15) is 8.42 Å². The van der Waals surface area contributed by atoms with Crippen molar-refractivity contribution in [3.8, 4) is 10.4 Å². The molecule has 0 spiro atoms. The second kappa shape index (κ2) is 5.48. The van der Waals surface area contributed by atoms with Crippen LogP contribution in [0.4, 0.5) is 0 Å². The zero-order chi connectivity index (χ0) is 14.9. The van der Waals surface area contributed by atoms with E-state index >= 15 is 0 Å². The Balaban J connectivity index is 2.00. The number of rotatable bonds is 4. The normalized spacial score (nSPS) is 11.7. The van der Waals surface area contributed by atoms with Gasteiger partial charge in [0.2, 0.25) is 0 Å². The second-order valence-electron chi connectivity index (χ2n) is 4.54. The highest BCUT2D eigenvalue weighted by molar-refractivity contribution is 7.92. The van der Waals surface area contributed by atoms with Gasteiger partial charge in [-0.3, -0.25) is 0 Å². The number of hydrogen-bond donors (Lipinski definition) is 1. The van der Waals surface area contributed by atoms with Gasteiger partial charge in [0.15, 0.2) is 0 Å². The van der Waals surface area contributed by atoms with E-state index in [1.807, 2.05) is 30.3 Å². The largest absolute Gasteiger partial charge is 0.326 e. The minimum absolute atomic E-state index is 0.326. The van der Waals surface area contributed by atoms with Crippen LogP contribution in [0.5, 0.6) is 0 Å². The summed E-state index contributed by atoms with van der Waals surface area (Å²) in [6, 6.07) is 14.7. The Labute approximate surface area is 127 Å². The van der Waals surface area contributed by atoms with Crippen LogP contribution < -0.4 is 5.73 Å². The van der Waals surface area contributed by atoms with Gasteiger partial charge in [0, 0.05) is 23.8 Å². The third kappa shape index (κ3) is 2.65. The molecule has 0 unspecified atom stereocenters. The fourth-order valence-electron chi connectivity index (χ4n) is 2.05. The van der Waals surface area contributed by atoms with E-state index in [0.717, 1.165) is 16.0 Å². The lowest BCUT2D eigenvalue weighted by molar-refractivity contribution is 0.589. The van der Waals surface area contributed by atoms with Crippen molar-refractivity contribution < 1.29 is 8.42 Å². The maximum atomic E-state index is 12.4. The Kier molecular flexibility index (Phi) is 3.67. The Morgan fingerprint density at radius 3 is 2.52 bits per heavy atom. The number of nitrogens with zero attached hydrogens (tertiary/aromatic N) is 1. The maximum Gasteiger partial charge on any atom is 0.277 e. The number of hydrogen-bond acceptors (Lipinski definition) is 4. The molecule has 0 saturated carbocycles. The van der Waals surface area contributed by atoms with Crippen LogP contribution in [0.2, 0.25) is 0 Å². The summed E-state index contributed by atoms with van der Waals surface area (Å²) in [5.74, 6) is 0. The lowest BCUT2D eigenvalue weighted by atomic mass is 10.1. The number of nitrogens with two attached hydrogens (primary N) is 1. The summed E-state index contributed by atoms with van der Waals surface area (Å²) in [6.07, 6.45) is 3.06. The van der Waals surface area contributed by atoms with Crippen molar-refractivity contribution in [2.45, 2.75) is 10.8 Å². The van der Waals surface area contributed by atoms with E-state index in [9.17, 15) is 8.42 Å². The fourth-order valence-corrected chi connectivity index (χ4v) is 4.64. The molecule has 0 fully saturated rings. The van der Waals surface area contributed by atoms with Gasteiger partial charge in [0.05, 0.1) is 0 Å². The number of thiophene rings is 1. The summed E-state index contributed by atoms with van der Waals surface area (Å²) in [6.45, 7) is 0.466. The molecule has 2 heterocycles. The van der Waals surface area contributed by atoms with Crippen molar-refractivity contribution in [1.82, 2.24) is 3.97 Å². The van der Waals surface area contributed by atoms with E-state index in [4.69, 9.17) is 5.73 Å². The third-order valence-electron chi connectivity index (χ3n) is 3.14. The molecule has 3 aromatic rings. The lowest BCUT2D eigenvalue weighted by Crippen LogP contribution is -2.08. The SMILES string of the molecule is NCc1cccc(-c2ccc(S(=O)(=O)n3cccc3)s2)c1. The third-order valence-corrected chi connectivity index (χ3v) is 6.39. The molecule has 1 aromatic carbocycles. The van der Waals surface area contributed by atoms with Crippen molar-refractivity contribution in [3.05, 3.63) is 66.5 Å². The molecule has 3 rings (SSSR count). The molecule has 0 bridgehead atoms. The van der Waals surface area contributed by atoms with Crippen LogP contribution in [0.25, 0.3) is 10.4 Å². The highest BCUT2D eigenvalue weighted by atomic mass is 32.2. The van der Waals surface area contributed by atoms with Crippen LogP contribution in [-0.4, -0.2) is 12.4 Å². The van der Waals surface area contributed by atoms with Gasteiger partial charge in [0.1, 0.15) is 4.21 Å². The minimum atomic E-state index is -3.49. The van der Waals surface area contributed by atoms with Crippen LogP contribution in [0.3, 0.4) is 0 Å². The van der Waals surface area contributed by atoms with E-state index in [1.165, 1.54) is 27.7 Å². The van der Waals surface area contributed by atoms with E-state index in [2.05, 4.69) is 0 Å². The first-order valence-electron chi connectivity index (χ1n) is 6.39. The average molecular weight is 318 g/mol. The van der Waals surface area contributed by atoms with Gasteiger partial charge in [-0.05, 0) is 41.5 Å². The molecule has 2 aromatic heterocycles. The Bertz CT molecular complexity index is 849. The minimum Gasteiger partial charge on any atom is -0.326 e. The molecule has 4 nitrogen and oxygen atoms in total. The van der Waals surface area contributed by atoms with Gasteiger partial charge < -0.3 is 5.73 Å². The Morgan fingerprint density at radius 2 is 1.81 bits per heavy atom. The first-order valence-corrected chi connectivity index (χ1v) is 8.65. The summed E-state index contributed by atoms with van der Waals surface area (Å²) in [5.41, 5.74) is 7.65. The van der Waals surface area contributed by atoms with Gasteiger partial charge in [0.25, 0.3) is 10.0 Å². The van der Waals surface area contributed by atoms with Gasteiger partial charge in [-0.15, -0.1) is 11.3 Å². The van der Waals surface area contributed by atoms with Crippen LogP contribution in [0.1, 0.15) is 5.56 Å². The lowest BCUT2D eigenvalue weighted by Gasteiger charge is -2.02. The van der Waals surface area contributed by atoms with Crippen molar-refractivity contribution in [3.63, 3.8) is 0 Å². The standard InChI is InChI=1S/C15H14N2O2S2/c16-11-12-4-3-5-13(10-12)14-6-7-15(20-14)21(18,19)17-8-1-2-9-17/h1-10H,11,16H2. The molecule has 0 aliphatic rings. The molecular weight excluding hydrogens is 304 g/mol. The second-order valence-corrected chi connectivity index (χ2v) is 7.69. The van der Waals surface area contributed by atoms with Crippen molar-refractivity contribution in [2.75, 3.05) is 0 Å². The smallest absolute Gasteiger partial charge is 0.277 e. The van der Waals surface area contributed by atoms with Crippen LogP contribution >= 0.6 is 11.3 Å². The summed E-state index contributed by atoms with van der Waals surface area (Å²) >= 11 is 1.26. The van der Waals surface area contributed by atoms with Gasteiger partial charge >= 0.3 is 0 Å². The predicted octanol–water partition coefficient (Wildman–Crippen LogP) is 2.91. The molecule has 0 amide bonds. The van der Waals surface area contributed by atoms with E-state index in [1.54, 1.807) is 18.2 Å². The number of benzene rings is 1. The van der Waals surface area contributed by atoms with E-state index in [0.29, 0.717) is 10.8 Å².